The molecule has 2 fully saturated rings. The maximum atomic E-state index is 11.3. The number of carbonyl (C=O) groups is 1. The zero-order valence-corrected chi connectivity index (χ0v) is 10.9. The molecular weight excluding hydrogens is 216 g/mol. The predicted octanol–water partition coefficient (Wildman–Crippen LogP) is 3.08. The van der Waals surface area contributed by atoms with Crippen molar-refractivity contribution in [1.29, 1.82) is 0 Å². The van der Waals surface area contributed by atoms with Crippen LogP contribution in [0.4, 0.5) is 0 Å². The second-order valence-corrected chi connectivity index (χ2v) is 6.08. The quantitative estimate of drug-likeness (QED) is 0.821. The third kappa shape index (κ3) is 3.01. The summed E-state index contributed by atoms with van der Waals surface area (Å²) in [7, 11) is 0. The van der Waals surface area contributed by atoms with E-state index in [2.05, 4.69) is 13.8 Å². The van der Waals surface area contributed by atoms with Crippen molar-refractivity contribution in [3.8, 4) is 0 Å². The van der Waals surface area contributed by atoms with E-state index in [1.807, 2.05) is 0 Å². The lowest BCUT2D eigenvalue weighted by Crippen LogP contribution is -2.30. The molecule has 1 saturated heterocycles. The molecule has 0 aromatic rings. The van der Waals surface area contributed by atoms with E-state index in [4.69, 9.17) is 4.74 Å². The zero-order chi connectivity index (χ0) is 12.4. The van der Waals surface area contributed by atoms with E-state index in [1.54, 1.807) is 0 Å². The number of hydrogen-bond donors (Lipinski definition) is 1. The van der Waals surface area contributed by atoms with Crippen molar-refractivity contribution in [2.24, 2.45) is 17.8 Å². The molecule has 0 amide bonds. The van der Waals surface area contributed by atoms with Gasteiger partial charge >= 0.3 is 5.97 Å². The van der Waals surface area contributed by atoms with Crippen LogP contribution >= 0.6 is 0 Å². The number of carboxylic acids is 1. The van der Waals surface area contributed by atoms with Crippen molar-refractivity contribution in [3.05, 3.63) is 0 Å². The molecular formula is C14H24O3. The monoisotopic (exact) mass is 240 g/mol. The van der Waals surface area contributed by atoms with E-state index < -0.39 is 5.97 Å². The molecule has 1 saturated carbocycles. The van der Waals surface area contributed by atoms with Crippen LogP contribution in [0.1, 0.15) is 52.4 Å². The summed E-state index contributed by atoms with van der Waals surface area (Å²) in [4.78, 5) is 11.3. The van der Waals surface area contributed by atoms with Gasteiger partial charge in [-0.1, -0.05) is 26.7 Å². The molecule has 0 bridgehead atoms. The Kier molecular flexibility index (Phi) is 4.08. The van der Waals surface area contributed by atoms with E-state index in [9.17, 15) is 9.90 Å². The number of ether oxygens (including phenoxy) is 1. The van der Waals surface area contributed by atoms with Crippen LogP contribution in [0, 0.1) is 17.8 Å². The lowest BCUT2D eigenvalue weighted by Gasteiger charge is -2.22. The minimum Gasteiger partial charge on any atom is -0.481 e. The highest BCUT2D eigenvalue weighted by atomic mass is 16.5. The summed E-state index contributed by atoms with van der Waals surface area (Å²) in [5.74, 6) is 0.153. The number of hydrogen-bond acceptors (Lipinski definition) is 2. The smallest absolute Gasteiger partial charge is 0.309 e. The maximum Gasteiger partial charge on any atom is 0.309 e. The van der Waals surface area contributed by atoms with Crippen LogP contribution in [-0.4, -0.2) is 23.3 Å². The van der Waals surface area contributed by atoms with Gasteiger partial charge in [0.25, 0.3) is 0 Å². The third-order valence-electron chi connectivity index (χ3n) is 4.18. The summed E-state index contributed by atoms with van der Waals surface area (Å²) < 4.78 is 6.05. The van der Waals surface area contributed by atoms with Gasteiger partial charge in [0.15, 0.2) is 0 Å². The lowest BCUT2D eigenvalue weighted by molar-refractivity contribution is -0.144. The van der Waals surface area contributed by atoms with Crippen molar-refractivity contribution < 1.29 is 14.6 Å². The molecule has 17 heavy (non-hydrogen) atoms. The van der Waals surface area contributed by atoms with Crippen LogP contribution in [0.5, 0.6) is 0 Å². The molecule has 3 nitrogen and oxygen atoms in total. The molecule has 3 atom stereocenters. The average molecular weight is 240 g/mol. The fourth-order valence-electron chi connectivity index (χ4n) is 3.43. The Labute approximate surface area is 104 Å². The Bertz CT molecular complexity index is 269. The highest BCUT2D eigenvalue weighted by Crippen LogP contribution is 2.40. The molecule has 98 valence electrons. The summed E-state index contributed by atoms with van der Waals surface area (Å²) in [6.07, 6.45) is 6.66. The fourth-order valence-corrected chi connectivity index (χ4v) is 3.43. The van der Waals surface area contributed by atoms with Crippen LogP contribution in [-0.2, 0) is 9.53 Å². The van der Waals surface area contributed by atoms with Crippen LogP contribution < -0.4 is 0 Å². The van der Waals surface area contributed by atoms with Crippen molar-refractivity contribution >= 4 is 5.97 Å². The lowest BCUT2D eigenvalue weighted by atomic mass is 9.88. The molecule has 1 heterocycles. The molecule has 0 spiro atoms. The van der Waals surface area contributed by atoms with Crippen molar-refractivity contribution in [2.75, 3.05) is 0 Å². The first-order chi connectivity index (χ1) is 8.08. The van der Waals surface area contributed by atoms with E-state index in [0.717, 1.165) is 19.3 Å². The summed E-state index contributed by atoms with van der Waals surface area (Å²) in [6.45, 7) is 4.34. The van der Waals surface area contributed by atoms with Gasteiger partial charge in [-0.25, -0.2) is 0 Å². The Hall–Kier alpha value is -0.570. The van der Waals surface area contributed by atoms with Crippen LogP contribution in [0.15, 0.2) is 0 Å². The number of rotatable bonds is 4. The fraction of sp³-hybridized carbons (Fsp3) is 0.929. The maximum absolute atomic E-state index is 11.3. The first kappa shape index (κ1) is 12.9. The number of carboxylic acid groups (broad SMARTS) is 1. The molecule has 3 unspecified atom stereocenters. The van der Waals surface area contributed by atoms with Crippen LogP contribution in [0.25, 0.3) is 0 Å². The normalized spacial score (nSPS) is 34.6. The minimum atomic E-state index is -0.659. The van der Waals surface area contributed by atoms with Gasteiger partial charge in [0.2, 0.25) is 0 Å². The van der Waals surface area contributed by atoms with Crippen molar-refractivity contribution in [1.82, 2.24) is 0 Å². The van der Waals surface area contributed by atoms with E-state index in [0.29, 0.717) is 18.3 Å². The summed E-state index contributed by atoms with van der Waals surface area (Å²) >= 11 is 0. The van der Waals surface area contributed by atoms with Gasteiger partial charge in [-0.15, -0.1) is 0 Å². The van der Waals surface area contributed by atoms with E-state index >= 15 is 0 Å². The SMILES string of the molecule is CC(C)CC1CC(C(=O)O)C(C2CCCC2)O1. The first-order valence-electron chi connectivity index (χ1n) is 6.96. The summed E-state index contributed by atoms with van der Waals surface area (Å²) in [5, 5.41) is 9.32. The molecule has 1 N–H and O–H groups in total. The largest absolute Gasteiger partial charge is 0.481 e. The second-order valence-electron chi connectivity index (χ2n) is 6.08. The van der Waals surface area contributed by atoms with E-state index in [-0.39, 0.29) is 18.1 Å². The highest BCUT2D eigenvalue weighted by molar-refractivity contribution is 5.71. The zero-order valence-electron chi connectivity index (χ0n) is 10.9. The van der Waals surface area contributed by atoms with Crippen molar-refractivity contribution in [3.63, 3.8) is 0 Å². The van der Waals surface area contributed by atoms with Gasteiger partial charge in [0.05, 0.1) is 18.1 Å². The van der Waals surface area contributed by atoms with Gasteiger partial charge in [0, 0.05) is 0 Å². The topological polar surface area (TPSA) is 46.5 Å². The summed E-state index contributed by atoms with van der Waals surface area (Å²) in [6, 6.07) is 0. The van der Waals surface area contributed by atoms with Gasteiger partial charge in [0.1, 0.15) is 0 Å². The standard InChI is InChI=1S/C14H24O3/c1-9(2)7-11-8-12(14(15)16)13(17-11)10-5-3-4-6-10/h9-13H,3-8H2,1-2H3,(H,15,16). The van der Waals surface area contributed by atoms with Crippen LogP contribution in [0.2, 0.25) is 0 Å². The molecule has 2 rings (SSSR count). The Balaban J connectivity index is 1.99. The third-order valence-corrected chi connectivity index (χ3v) is 4.18. The molecule has 2 aliphatic rings. The van der Waals surface area contributed by atoms with Gasteiger partial charge in [-0.05, 0) is 37.5 Å². The Morgan fingerprint density at radius 2 is 2.00 bits per heavy atom. The predicted molar refractivity (Wildman–Crippen MR) is 65.8 cm³/mol. The highest BCUT2D eigenvalue weighted by Gasteiger charge is 2.44. The second kappa shape index (κ2) is 5.38. The molecule has 3 heteroatoms. The summed E-state index contributed by atoms with van der Waals surface area (Å²) in [5.41, 5.74) is 0. The minimum absolute atomic E-state index is 0.0150. The molecule has 1 aliphatic heterocycles. The van der Waals surface area contributed by atoms with Crippen molar-refractivity contribution in [2.45, 2.75) is 64.6 Å². The Morgan fingerprint density at radius 1 is 1.35 bits per heavy atom. The van der Waals surface area contributed by atoms with Crippen LogP contribution in [0.3, 0.4) is 0 Å². The molecule has 0 aromatic carbocycles. The average Bonchev–Trinajstić information content (AvgIpc) is 2.82. The molecule has 0 aromatic heterocycles. The molecule has 0 radical (unpaired) electrons. The number of aliphatic carboxylic acids is 1. The molecule has 1 aliphatic carbocycles. The van der Waals surface area contributed by atoms with Gasteiger partial charge in [-0.3, -0.25) is 4.79 Å². The first-order valence-corrected chi connectivity index (χ1v) is 6.96. The van der Waals surface area contributed by atoms with E-state index in [1.165, 1.54) is 12.8 Å². The van der Waals surface area contributed by atoms with Gasteiger partial charge in [-0.2, -0.15) is 0 Å². The Morgan fingerprint density at radius 3 is 2.53 bits per heavy atom. The van der Waals surface area contributed by atoms with Gasteiger partial charge < -0.3 is 9.84 Å².